The van der Waals surface area contributed by atoms with E-state index in [0.717, 1.165) is 21.4 Å². The van der Waals surface area contributed by atoms with Gasteiger partial charge in [0.05, 0.1) is 13.0 Å². The third-order valence-electron chi connectivity index (χ3n) is 3.78. The smallest absolute Gasteiger partial charge is 0.229 e. The minimum Gasteiger partial charge on any atom is -0.493 e. The molecule has 0 spiro atoms. The Kier molecular flexibility index (Phi) is 6.84. The average Bonchev–Trinajstić information content (AvgIpc) is 3.10. The van der Waals surface area contributed by atoms with Crippen LogP contribution in [0.5, 0.6) is 5.75 Å². The van der Waals surface area contributed by atoms with E-state index in [4.69, 9.17) is 4.74 Å². The maximum atomic E-state index is 12.1. The van der Waals surface area contributed by atoms with Crippen LogP contribution >= 0.6 is 23.1 Å². The number of hydrogen-bond donors (Lipinski definition) is 1. The van der Waals surface area contributed by atoms with Crippen LogP contribution in [0.3, 0.4) is 0 Å². The number of ether oxygens (including phenoxy) is 1. The van der Waals surface area contributed by atoms with Crippen LogP contribution in [-0.2, 0) is 10.5 Å². The number of anilines is 1. The summed E-state index contributed by atoms with van der Waals surface area (Å²) in [5.41, 5.74) is 3.49. The molecule has 27 heavy (non-hydrogen) atoms. The van der Waals surface area contributed by atoms with Gasteiger partial charge in [0.25, 0.3) is 0 Å². The second kappa shape index (κ2) is 9.53. The molecule has 0 aliphatic rings. The summed E-state index contributed by atoms with van der Waals surface area (Å²) in [5.74, 6) is 1.51. The molecule has 1 amide bonds. The summed E-state index contributed by atoms with van der Waals surface area (Å²) < 4.78 is 6.53. The SMILES string of the molecule is Cc1ccc(OCCC(=O)Nc2nnc(SCc3ccccc3)s2)c(C)c1. The van der Waals surface area contributed by atoms with Gasteiger partial charge in [0.15, 0.2) is 4.34 Å². The van der Waals surface area contributed by atoms with Crippen molar-refractivity contribution in [3.8, 4) is 5.75 Å². The van der Waals surface area contributed by atoms with E-state index in [2.05, 4.69) is 33.7 Å². The highest BCUT2D eigenvalue weighted by Crippen LogP contribution is 2.28. The maximum Gasteiger partial charge on any atom is 0.229 e. The first-order valence-corrected chi connectivity index (χ1v) is 10.4. The van der Waals surface area contributed by atoms with Crippen molar-refractivity contribution >= 4 is 34.1 Å². The van der Waals surface area contributed by atoms with E-state index in [1.807, 2.05) is 44.2 Å². The molecule has 5 nitrogen and oxygen atoms in total. The number of amides is 1. The third kappa shape index (κ3) is 6.08. The zero-order chi connectivity index (χ0) is 19.1. The summed E-state index contributed by atoms with van der Waals surface area (Å²) in [6.45, 7) is 4.36. The predicted octanol–water partition coefficient (Wildman–Crippen LogP) is 4.85. The highest BCUT2D eigenvalue weighted by molar-refractivity contribution is 8.00. The molecule has 1 N–H and O–H groups in total. The lowest BCUT2D eigenvalue weighted by atomic mass is 10.1. The molecule has 2 aromatic carbocycles. The van der Waals surface area contributed by atoms with Gasteiger partial charge < -0.3 is 10.1 Å². The fraction of sp³-hybridized carbons (Fsp3) is 0.250. The van der Waals surface area contributed by atoms with Gasteiger partial charge in [-0.05, 0) is 31.0 Å². The molecular weight excluding hydrogens is 378 g/mol. The van der Waals surface area contributed by atoms with Crippen LogP contribution in [0.15, 0.2) is 52.9 Å². The highest BCUT2D eigenvalue weighted by atomic mass is 32.2. The Labute approximate surface area is 167 Å². The zero-order valence-corrected chi connectivity index (χ0v) is 16.9. The number of carbonyl (C=O) groups is 1. The Balaban J connectivity index is 1.42. The number of benzene rings is 2. The first-order chi connectivity index (χ1) is 13.1. The number of nitrogens with one attached hydrogen (secondary N) is 1. The van der Waals surface area contributed by atoms with Gasteiger partial charge in [-0.3, -0.25) is 4.79 Å². The quantitative estimate of drug-likeness (QED) is 0.433. The first kappa shape index (κ1) is 19.4. The number of carbonyl (C=O) groups excluding carboxylic acids is 1. The van der Waals surface area contributed by atoms with Crippen molar-refractivity contribution in [3.05, 3.63) is 65.2 Å². The van der Waals surface area contributed by atoms with Crippen LogP contribution in [-0.4, -0.2) is 22.7 Å². The minimum absolute atomic E-state index is 0.129. The van der Waals surface area contributed by atoms with E-state index in [-0.39, 0.29) is 12.3 Å². The maximum absolute atomic E-state index is 12.1. The van der Waals surface area contributed by atoms with Crippen LogP contribution in [0, 0.1) is 13.8 Å². The van der Waals surface area contributed by atoms with Crippen molar-refractivity contribution < 1.29 is 9.53 Å². The van der Waals surface area contributed by atoms with Crippen molar-refractivity contribution in [1.82, 2.24) is 10.2 Å². The van der Waals surface area contributed by atoms with E-state index >= 15 is 0 Å². The molecule has 3 rings (SSSR count). The molecule has 3 aromatic rings. The van der Waals surface area contributed by atoms with E-state index in [1.54, 1.807) is 11.8 Å². The normalized spacial score (nSPS) is 10.6. The summed E-state index contributed by atoms with van der Waals surface area (Å²) in [7, 11) is 0. The molecule has 0 atom stereocenters. The first-order valence-electron chi connectivity index (χ1n) is 8.60. The number of aryl methyl sites for hydroxylation is 2. The largest absolute Gasteiger partial charge is 0.493 e. The van der Waals surface area contributed by atoms with E-state index in [0.29, 0.717) is 11.7 Å². The summed E-state index contributed by atoms with van der Waals surface area (Å²) in [4.78, 5) is 12.1. The Morgan fingerprint density at radius 3 is 2.74 bits per heavy atom. The molecule has 0 saturated carbocycles. The minimum atomic E-state index is -0.129. The Morgan fingerprint density at radius 2 is 1.96 bits per heavy atom. The zero-order valence-electron chi connectivity index (χ0n) is 15.3. The Bertz CT molecular complexity index is 897. The van der Waals surface area contributed by atoms with Crippen molar-refractivity contribution in [2.45, 2.75) is 30.4 Å². The standard InChI is InChI=1S/C20H21N3O2S2/c1-14-8-9-17(15(2)12-14)25-11-10-18(24)21-19-22-23-20(27-19)26-13-16-6-4-3-5-7-16/h3-9,12H,10-11,13H2,1-2H3,(H,21,22,24). The molecule has 1 aromatic heterocycles. The van der Waals surface area contributed by atoms with Gasteiger partial charge in [-0.25, -0.2) is 0 Å². The monoisotopic (exact) mass is 399 g/mol. The number of thioether (sulfide) groups is 1. The van der Waals surface area contributed by atoms with Crippen LogP contribution in [0.4, 0.5) is 5.13 Å². The third-order valence-corrected chi connectivity index (χ3v) is 5.82. The lowest BCUT2D eigenvalue weighted by molar-refractivity contribution is -0.116. The Hall–Kier alpha value is -2.38. The molecule has 140 valence electrons. The Morgan fingerprint density at radius 1 is 1.15 bits per heavy atom. The number of nitrogens with zero attached hydrogens (tertiary/aromatic N) is 2. The lowest BCUT2D eigenvalue weighted by Crippen LogP contribution is -2.15. The summed E-state index contributed by atoms with van der Waals surface area (Å²) >= 11 is 2.99. The average molecular weight is 400 g/mol. The van der Waals surface area contributed by atoms with Crippen molar-refractivity contribution in [2.75, 3.05) is 11.9 Å². The molecule has 0 unspecified atom stereocenters. The van der Waals surface area contributed by atoms with Gasteiger partial charge in [0.1, 0.15) is 5.75 Å². The van der Waals surface area contributed by atoms with Crippen molar-refractivity contribution in [1.29, 1.82) is 0 Å². The van der Waals surface area contributed by atoms with Gasteiger partial charge in [-0.15, -0.1) is 10.2 Å². The van der Waals surface area contributed by atoms with Crippen LogP contribution < -0.4 is 10.1 Å². The fourth-order valence-electron chi connectivity index (χ4n) is 2.43. The second-order valence-corrected chi connectivity index (χ2v) is 8.26. The number of hydrogen-bond acceptors (Lipinski definition) is 6. The summed E-state index contributed by atoms with van der Waals surface area (Å²) in [6, 6.07) is 16.2. The van der Waals surface area contributed by atoms with Gasteiger partial charge in [-0.1, -0.05) is 71.1 Å². The molecule has 0 saturated heterocycles. The van der Waals surface area contributed by atoms with Crippen LogP contribution in [0.1, 0.15) is 23.1 Å². The number of aromatic nitrogens is 2. The molecular formula is C20H21N3O2S2. The van der Waals surface area contributed by atoms with Crippen LogP contribution in [0.25, 0.3) is 0 Å². The molecule has 1 heterocycles. The predicted molar refractivity (Wildman–Crippen MR) is 111 cm³/mol. The molecule has 0 radical (unpaired) electrons. The van der Waals surface area contributed by atoms with E-state index in [9.17, 15) is 4.79 Å². The fourth-order valence-corrected chi connectivity index (χ4v) is 4.16. The van der Waals surface area contributed by atoms with Crippen molar-refractivity contribution in [2.24, 2.45) is 0 Å². The highest BCUT2D eigenvalue weighted by Gasteiger charge is 2.09. The molecule has 0 aliphatic heterocycles. The summed E-state index contributed by atoms with van der Waals surface area (Å²) in [5, 5.41) is 11.4. The topological polar surface area (TPSA) is 64.1 Å². The lowest BCUT2D eigenvalue weighted by Gasteiger charge is -2.09. The summed E-state index contributed by atoms with van der Waals surface area (Å²) in [6.07, 6.45) is 0.263. The molecule has 0 aliphatic carbocycles. The number of rotatable bonds is 8. The molecule has 0 fully saturated rings. The van der Waals surface area contributed by atoms with Gasteiger partial charge in [0.2, 0.25) is 11.0 Å². The van der Waals surface area contributed by atoms with Gasteiger partial charge >= 0.3 is 0 Å². The molecule has 7 heteroatoms. The molecule has 0 bridgehead atoms. The second-order valence-electron chi connectivity index (χ2n) is 6.06. The van der Waals surface area contributed by atoms with E-state index < -0.39 is 0 Å². The van der Waals surface area contributed by atoms with E-state index in [1.165, 1.54) is 22.5 Å². The van der Waals surface area contributed by atoms with Crippen molar-refractivity contribution in [3.63, 3.8) is 0 Å². The van der Waals surface area contributed by atoms with Crippen LogP contribution in [0.2, 0.25) is 0 Å². The van der Waals surface area contributed by atoms with Gasteiger partial charge in [-0.2, -0.15) is 0 Å². The van der Waals surface area contributed by atoms with Gasteiger partial charge in [0, 0.05) is 5.75 Å².